The van der Waals surface area contributed by atoms with Gasteiger partial charge in [0.2, 0.25) is 0 Å². The molecule has 88 valence electrons. The molecule has 1 aromatic rings. The summed E-state index contributed by atoms with van der Waals surface area (Å²) in [5.74, 6) is -0.157. The Labute approximate surface area is 113 Å². The van der Waals surface area contributed by atoms with Gasteiger partial charge in [-0.05, 0) is 46.4 Å². The third-order valence-corrected chi connectivity index (χ3v) is 2.90. The van der Waals surface area contributed by atoms with Crippen LogP contribution in [0.25, 0.3) is 6.08 Å². The van der Waals surface area contributed by atoms with Crippen molar-refractivity contribution >= 4 is 34.6 Å². The van der Waals surface area contributed by atoms with Gasteiger partial charge >= 0.3 is 0 Å². The van der Waals surface area contributed by atoms with E-state index in [1.807, 2.05) is 28.7 Å². The van der Waals surface area contributed by atoms with Crippen LogP contribution in [0.1, 0.15) is 5.56 Å². The Kier molecular flexibility index (Phi) is 4.52. The summed E-state index contributed by atoms with van der Waals surface area (Å²) in [7, 11) is 3.18. The summed E-state index contributed by atoms with van der Waals surface area (Å²) in [4.78, 5) is 13.0. The van der Waals surface area contributed by atoms with Crippen LogP contribution in [0, 0.1) is 14.9 Å². The molecule has 0 spiro atoms. The fraction of sp³-hybridized carbons (Fsp3) is 0.167. The maximum absolute atomic E-state index is 11.6. The molecule has 4 nitrogen and oxygen atoms in total. The summed E-state index contributed by atoms with van der Waals surface area (Å²) in [6.45, 7) is 0. The first-order valence-electron chi connectivity index (χ1n) is 4.77. The van der Waals surface area contributed by atoms with Crippen LogP contribution in [-0.4, -0.2) is 30.0 Å². The minimum Gasteiger partial charge on any atom is -0.507 e. The molecule has 0 atom stereocenters. The lowest BCUT2D eigenvalue weighted by Gasteiger charge is -2.08. The number of phenols is 1. The summed E-state index contributed by atoms with van der Waals surface area (Å²) in [6, 6.07) is 6.76. The molecule has 0 saturated carbocycles. The number of carbonyl (C=O) groups is 1. The van der Waals surface area contributed by atoms with Crippen LogP contribution in [-0.2, 0) is 4.79 Å². The Morgan fingerprint density at radius 2 is 2.18 bits per heavy atom. The number of aromatic hydroxyl groups is 1. The van der Waals surface area contributed by atoms with Crippen LogP contribution < -0.4 is 0 Å². The largest absolute Gasteiger partial charge is 0.507 e. The van der Waals surface area contributed by atoms with Gasteiger partial charge in [0.1, 0.15) is 17.4 Å². The summed E-state index contributed by atoms with van der Waals surface area (Å²) < 4.78 is 0.672. The van der Waals surface area contributed by atoms with Gasteiger partial charge in [-0.15, -0.1) is 0 Å². The van der Waals surface area contributed by atoms with Crippen molar-refractivity contribution in [1.29, 1.82) is 5.26 Å². The number of phenolic OH excluding ortho intramolecular Hbond substituents is 1. The number of amides is 1. The van der Waals surface area contributed by atoms with Crippen molar-refractivity contribution in [1.82, 2.24) is 4.90 Å². The van der Waals surface area contributed by atoms with Gasteiger partial charge in [-0.25, -0.2) is 0 Å². The number of hydrogen-bond donors (Lipinski definition) is 1. The van der Waals surface area contributed by atoms with E-state index in [-0.39, 0.29) is 17.2 Å². The van der Waals surface area contributed by atoms with Gasteiger partial charge in [-0.3, -0.25) is 4.79 Å². The monoisotopic (exact) mass is 342 g/mol. The smallest absolute Gasteiger partial charge is 0.264 e. The van der Waals surface area contributed by atoms with E-state index in [0.29, 0.717) is 9.13 Å². The second-order valence-electron chi connectivity index (χ2n) is 3.58. The van der Waals surface area contributed by atoms with Crippen molar-refractivity contribution in [2.24, 2.45) is 0 Å². The van der Waals surface area contributed by atoms with Crippen LogP contribution >= 0.6 is 22.6 Å². The van der Waals surface area contributed by atoms with Crippen LogP contribution in [0.2, 0.25) is 0 Å². The lowest BCUT2D eigenvalue weighted by atomic mass is 10.1. The summed E-state index contributed by atoms with van der Waals surface area (Å²) in [5, 5.41) is 18.3. The molecule has 0 radical (unpaired) electrons. The topological polar surface area (TPSA) is 64.3 Å². The van der Waals surface area contributed by atoms with Crippen LogP contribution in [0.4, 0.5) is 0 Å². The Morgan fingerprint density at radius 1 is 1.53 bits per heavy atom. The van der Waals surface area contributed by atoms with Crippen LogP contribution in [0.3, 0.4) is 0 Å². The molecule has 1 N–H and O–H groups in total. The number of likely N-dealkylation sites (N-methyl/N-ethyl adjacent to an activating group) is 1. The van der Waals surface area contributed by atoms with E-state index in [1.54, 1.807) is 26.2 Å². The number of benzene rings is 1. The molecule has 1 aromatic carbocycles. The van der Waals surface area contributed by atoms with Gasteiger partial charge in [0.15, 0.2) is 0 Å². The van der Waals surface area contributed by atoms with Gasteiger partial charge in [0, 0.05) is 14.1 Å². The summed E-state index contributed by atoms with van der Waals surface area (Å²) >= 11 is 1.98. The van der Waals surface area contributed by atoms with Crippen molar-refractivity contribution in [2.75, 3.05) is 14.1 Å². The minimum absolute atomic E-state index is 0.0662. The highest BCUT2D eigenvalue weighted by molar-refractivity contribution is 14.1. The Morgan fingerprint density at radius 3 is 2.65 bits per heavy atom. The van der Waals surface area contributed by atoms with Crippen molar-refractivity contribution in [3.8, 4) is 11.8 Å². The SMILES string of the molecule is CN(C)C(=O)/C(C#N)=C/c1ccc(O)c(I)c1. The molecular weight excluding hydrogens is 331 g/mol. The average molecular weight is 342 g/mol. The highest BCUT2D eigenvalue weighted by Gasteiger charge is 2.11. The number of nitriles is 1. The molecule has 0 unspecified atom stereocenters. The van der Waals surface area contributed by atoms with Crippen molar-refractivity contribution in [2.45, 2.75) is 0 Å². The number of nitrogens with zero attached hydrogens (tertiary/aromatic N) is 2. The summed E-state index contributed by atoms with van der Waals surface area (Å²) in [6.07, 6.45) is 1.50. The maximum atomic E-state index is 11.6. The molecule has 5 heteroatoms. The molecule has 0 aliphatic heterocycles. The van der Waals surface area contributed by atoms with Gasteiger partial charge in [-0.1, -0.05) is 6.07 Å². The second kappa shape index (κ2) is 5.68. The van der Waals surface area contributed by atoms with E-state index in [9.17, 15) is 9.90 Å². The zero-order valence-corrected chi connectivity index (χ0v) is 11.6. The predicted octanol–water partition coefficient (Wildman–Crippen LogP) is 1.99. The molecule has 0 fully saturated rings. The third-order valence-electron chi connectivity index (χ3n) is 2.04. The van der Waals surface area contributed by atoms with Crippen molar-refractivity contribution < 1.29 is 9.90 Å². The molecule has 0 heterocycles. The molecule has 0 aliphatic carbocycles. The molecule has 1 amide bonds. The van der Waals surface area contributed by atoms with E-state index in [4.69, 9.17) is 5.26 Å². The van der Waals surface area contributed by atoms with Gasteiger partial charge in [0.05, 0.1) is 3.57 Å². The van der Waals surface area contributed by atoms with E-state index in [1.165, 1.54) is 17.0 Å². The molecule has 17 heavy (non-hydrogen) atoms. The van der Waals surface area contributed by atoms with Crippen molar-refractivity contribution in [3.05, 3.63) is 32.9 Å². The van der Waals surface area contributed by atoms with E-state index in [0.717, 1.165) is 0 Å². The lowest BCUT2D eigenvalue weighted by molar-refractivity contribution is -0.124. The zero-order chi connectivity index (χ0) is 13.0. The van der Waals surface area contributed by atoms with E-state index in [2.05, 4.69) is 0 Å². The first-order chi connectivity index (χ1) is 7.95. The standard InChI is InChI=1S/C12H11IN2O2/c1-15(2)12(17)9(7-14)5-8-3-4-11(16)10(13)6-8/h3-6,16H,1-2H3/b9-5+. The normalized spacial score (nSPS) is 10.8. The molecule has 0 aromatic heterocycles. The zero-order valence-electron chi connectivity index (χ0n) is 9.44. The highest BCUT2D eigenvalue weighted by atomic mass is 127. The molecule has 0 aliphatic rings. The van der Waals surface area contributed by atoms with Crippen LogP contribution in [0.15, 0.2) is 23.8 Å². The minimum atomic E-state index is -0.337. The fourth-order valence-electron chi connectivity index (χ4n) is 1.16. The Bertz CT molecular complexity index is 516. The molecule has 1 rings (SSSR count). The quantitative estimate of drug-likeness (QED) is 0.508. The Hall–Kier alpha value is -1.55. The second-order valence-corrected chi connectivity index (χ2v) is 4.74. The maximum Gasteiger partial charge on any atom is 0.264 e. The predicted molar refractivity (Wildman–Crippen MR) is 73.1 cm³/mol. The molecule has 0 bridgehead atoms. The summed E-state index contributed by atoms with van der Waals surface area (Å²) in [5.41, 5.74) is 0.774. The highest BCUT2D eigenvalue weighted by Crippen LogP contribution is 2.21. The number of halogens is 1. The van der Waals surface area contributed by atoms with E-state index >= 15 is 0 Å². The van der Waals surface area contributed by atoms with Crippen LogP contribution in [0.5, 0.6) is 5.75 Å². The first-order valence-corrected chi connectivity index (χ1v) is 5.85. The fourth-order valence-corrected chi connectivity index (χ4v) is 1.70. The Balaban J connectivity index is 3.12. The third kappa shape index (κ3) is 3.46. The van der Waals surface area contributed by atoms with Crippen molar-refractivity contribution in [3.63, 3.8) is 0 Å². The molecule has 0 saturated heterocycles. The average Bonchev–Trinajstić information content (AvgIpc) is 2.29. The molecular formula is C12H11IN2O2. The van der Waals surface area contributed by atoms with E-state index < -0.39 is 0 Å². The number of carbonyl (C=O) groups excluding carboxylic acids is 1. The van der Waals surface area contributed by atoms with Gasteiger partial charge < -0.3 is 10.0 Å². The van der Waals surface area contributed by atoms with Gasteiger partial charge in [0.25, 0.3) is 5.91 Å². The van der Waals surface area contributed by atoms with Gasteiger partial charge in [-0.2, -0.15) is 5.26 Å². The first kappa shape index (κ1) is 13.5. The number of hydrogen-bond acceptors (Lipinski definition) is 3. The number of rotatable bonds is 2. The lowest BCUT2D eigenvalue weighted by Crippen LogP contribution is -2.22.